The quantitative estimate of drug-likeness (QED) is 0.367. The summed E-state index contributed by atoms with van der Waals surface area (Å²) in [6, 6.07) is 18.2. The maximum atomic E-state index is 12.4. The molecular weight excluding hydrogens is 378 g/mol. The van der Waals surface area contributed by atoms with E-state index in [4.69, 9.17) is 0 Å². The zero-order chi connectivity index (χ0) is 19.1. The van der Waals surface area contributed by atoms with Gasteiger partial charge in [0, 0.05) is 4.90 Å². The number of thioether (sulfide) groups is 1. The molecular formula is C20H17N3O2S2. The van der Waals surface area contributed by atoms with Crippen molar-refractivity contribution >= 4 is 46.8 Å². The van der Waals surface area contributed by atoms with Crippen LogP contribution in [0.3, 0.4) is 0 Å². The Morgan fingerprint density at radius 2 is 1.78 bits per heavy atom. The largest absolute Gasteiger partial charge is 0.321 e. The van der Waals surface area contributed by atoms with Crippen LogP contribution in [-0.2, 0) is 0 Å². The SMILES string of the molecule is CSc1ccc(/C=N/NC(=O)c2ccccc2NC(=O)c2cccs2)cc1. The fourth-order valence-electron chi connectivity index (χ4n) is 2.30. The van der Waals surface area contributed by atoms with E-state index in [9.17, 15) is 9.59 Å². The lowest BCUT2D eigenvalue weighted by Crippen LogP contribution is -2.21. The summed E-state index contributed by atoms with van der Waals surface area (Å²) >= 11 is 3.00. The summed E-state index contributed by atoms with van der Waals surface area (Å²) in [4.78, 5) is 26.4. The summed E-state index contributed by atoms with van der Waals surface area (Å²) in [7, 11) is 0. The third-order valence-corrected chi connectivity index (χ3v) is 5.27. The summed E-state index contributed by atoms with van der Waals surface area (Å²) in [5.41, 5.74) is 4.17. The lowest BCUT2D eigenvalue weighted by Gasteiger charge is -2.09. The molecule has 0 saturated heterocycles. The van der Waals surface area contributed by atoms with Gasteiger partial charge in [-0.15, -0.1) is 23.1 Å². The van der Waals surface area contributed by atoms with Gasteiger partial charge in [0.05, 0.1) is 22.3 Å². The summed E-state index contributed by atoms with van der Waals surface area (Å²) < 4.78 is 0. The highest BCUT2D eigenvalue weighted by atomic mass is 32.2. The van der Waals surface area contributed by atoms with E-state index in [1.165, 1.54) is 11.3 Å². The van der Waals surface area contributed by atoms with Gasteiger partial charge < -0.3 is 5.32 Å². The van der Waals surface area contributed by atoms with Crippen molar-refractivity contribution in [2.75, 3.05) is 11.6 Å². The number of para-hydroxylation sites is 1. The lowest BCUT2D eigenvalue weighted by atomic mass is 10.1. The number of carbonyl (C=O) groups excluding carboxylic acids is 2. The van der Waals surface area contributed by atoms with Gasteiger partial charge in [-0.3, -0.25) is 9.59 Å². The number of hydrogen-bond acceptors (Lipinski definition) is 5. The number of carbonyl (C=O) groups is 2. The van der Waals surface area contributed by atoms with Crippen LogP contribution in [0, 0.1) is 0 Å². The minimum Gasteiger partial charge on any atom is -0.321 e. The first-order valence-electron chi connectivity index (χ1n) is 8.08. The molecule has 0 atom stereocenters. The predicted molar refractivity (Wildman–Crippen MR) is 112 cm³/mol. The molecule has 1 aromatic heterocycles. The number of nitrogens with one attached hydrogen (secondary N) is 2. The minimum atomic E-state index is -0.394. The zero-order valence-electron chi connectivity index (χ0n) is 14.5. The molecule has 0 aliphatic rings. The van der Waals surface area contributed by atoms with Crippen molar-refractivity contribution in [1.82, 2.24) is 5.43 Å². The van der Waals surface area contributed by atoms with Gasteiger partial charge in [-0.25, -0.2) is 5.43 Å². The second-order valence-electron chi connectivity index (χ2n) is 5.45. The van der Waals surface area contributed by atoms with Crippen LogP contribution in [0.4, 0.5) is 5.69 Å². The highest BCUT2D eigenvalue weighted by Crippen LogP contribution is 2.18. The topological polar surface area (TPSA) is 70.6 Å². The van der Waals surface area contributed by atoms with Crippen LogP contribution in [0.5, 0.6) is 0 Å². The highest BCUT2D eigenvalue weighted by Gasteiger charge is 2.14. The molecule has 0 spiro atoms. The first-order valence-corrected chi connectivity index (χ1v) is 10.2. The molecule has 0 unspecified atom stereocenters. The minimum absolute atomic E-state index is 0.248. The molecule has 0 saturated carbocycles. The van der Waals surface area contributed by atoms with Crippen molar-refractivity contribution in [2.24, 2.45) is 5.10 Å². The van der Waals surface area contributed by atoms with Gasteiger partial charge in [0.2, 0.25) is 0 Å². The summed E-state index contributed by atoms with van der Waals surface area (Å²) in [5.74, 6) is -0.642. The van der Waals surface area contributed by atoms with E-state index in [2.05, 4.69) is 15.8 Å². The summed E-state index contributed by atoms with van der Waals surface area (Å²) in [5, 5.41) is 8.60. The van der Waals surface area contributed by atoms with E-state index in [0.717, 1.165) is 10.5 Å². The molecule has 2 aromatic carbocycles. The van der Waals surface area contributed by atoms with Crippen LogP contribution in [0.15, 0.2) is 76.0 Å². The normalized spacial score (nSPS) is 10.7. The molecule has 5 nitrogen and oxygen atoms in total. The Bertz CT molecular complexity index is 952. The van der Waals surface area contributed by atoms with Crippen molar-refractivity contribution in [3.05, 3.63) is 82.0 Å². The maximum Gasteiger partial charge on any atom is 0.273 e. The van der Waals surface area contributed by atoms with E-state index in [1.807, 2.05) is 35.9 Å². The van der Waals surface area contributed by atoms with Gasteiger partial charge in [0.15, 0.2) is 0 Å². The Labute approximate surface area is 165 Å². The van der Waals surface area contributed by atoms with E-state index >= 15 is 0 Å². The van der Waals surface area contributed by atoms with Gasteiger partial charge in [-0.05, 0) is 47.5 Å². The van der Waals surface area contributed by atoms with Crippen molar-refractivity contribution in [1.29, 1.82) is 0 Å². The number of nitrogens with zero attached hydrogens (tertiary/aromatic N) is 1. The standard InChI is InChI=1S/C20H17N3O2S2/c1-26-15-10-8-14(9-11-15)13-21-23-19(24)16-5-2-3-6-17(16)22-20(25)18-7-4-12-27-18/h2-13H,1H3,(H,22,25)(H,23,24)/b21-13+. The van der Waals surface area contributed by atoms with Gasteiger partial charge in [0.1, 0.15) is 0 Å². The smallest absolute Gasteiger partial charge is 0.273 e. The lowest BCUT2D eigenvalue weighted by molar-refractivity contribution is 0.0956. The Morgan fingerprint density at radius 3 is 2.48 bits per heavy atom. The van der Waals surface area contributed by atoms with Crippen molar-refractivity contribution in [3.63, 3.8) is 0 Å². The molecule has 1 heterocycles. The summed E-state index contributed by atoms with van der Waals surface area (Å²) in [6.45, 7) is 0. The third kappa shape index (κ3) is 5.06. The zero-order valence-corrected chi connectivity index (χ0v) is 16.1. The molecule has 2 amide bonds. The summed E-state index contributed by atoms with van der Waals surface area (Å²) in [6.07, 6.45) is 3.59. The Hall–Kier alpha value is -2.90. The Morgan fingerprint density at radius 1 is 1.00 bits per heavy atom. The number of rotatable bonds is 6. The number of hydrogen-bond donors (Lipinski definition) is 2. The van der Waals surface area contributed by atoms with E-state index in [1.54, 1.807) is 54.4 Å². The van der Waals surface area contributed by atoms with Gasteiger partial charge >= 0.3 is 0 Å². The van der Waals surface area contributed by atoms with Gasteiger partial charge in [-0.1, -0.05) is 30.3 Å². The van der Waals surface area contributed by atoms with Crippen molar-refractivity contribution in [2.45, 2.75) is 4.90 Å². The Balaban J connectivity index is 1.67. The second kappa shape index (κ2) is 9.16. The predicted octanol–water partition coefficient (Wildman–Crippen LogP) is 4.49. The van der Waals surface area contributed by atoms with E-state index < -0.39 is 5.91 Å². The molecule has 0 radical (unpaired) electrons. The first-order chi connectivity index (χ1) is 13.2. The molecule has 3 rings (SSSR count). The van der Waals surface area contributed by atoms with Crippen LogP contribution in [0.25, 0.3) is 0 Å². The molecule has 0 fully saturated rings. The molecule has 136 valence electrons. The van der Waals surface area contributed by atoms with Crippen molar-refractivity contribution < 1.29 is 9.59 Å². The third-order valence-electron chi connectivity index (χ3n) is 3.66. The van der Waals surface area contributed by atoms with Crippen LogP contribution < -0.4 is 10.7 Å². The molecule has 2 N–H and O–H groups in total. The van der Waals surface area contributed by atoms with Gasteiger partial charge in [-0.2, -0.15) is 5.10 Å². The molecule has 0 aliphatic heterocycles. The molecule has 27 heavy (non-hydrogen) atoms. The highest BCUT2D eigenvalue weighted by molar-refractivity contribution is 7.98. The fraction of sp³-hybridized carbons (Fsp3) is 0.0500. The van der Waals surface area contributed by atoms with Crippen LogP contribution >= 0.6 is 23.1 Å². The fourth-order valence-corrected chi connectivity index (χ4v) is 3.32. The number of anilines is 1. The first kappa shape index (κ1) is 18.9. The van der Waals surface area contributed by atoms with E-state index in [0.29, 0.717) is 16.1 Å². The maximum absolute atomic E-state index is 12.4. The number of benzene rings is 2. The average Bonchev–Trinajstić information content (AvgIpc) is 3.24. The monoisotopic (exact) mass is 395 g/mol. The Kier molecular flexibility index (Phi) is 6.40. The van der Waals surface area contributed by atoms with Crippen molar-refractivity contribution in [3.8, 4) is 0 Å². The number of amides is 2. The second-order valence-corrected chi connectivity index (χ2v) is 7.28. The molecule has 0 aliphatic carbocycles. The van der Waals surface area contributed by atoms with E-state index in [-0.39, 0.29) is 5.91 Å². The number of thiophene rings is 1. The molecule has 0 bridgehead atoms. The van der Waals surface area contributed by atoms with Crippen LogP contribution in [0.2, 0.25) is 0 Å². The van der Waals surface area contributed by atoms with Gasteiger partial charge in [0.25, 0.3) is 11.8 Å². The molecule has 3 aromatic rings. The number of hydrazone groups is 1. The van der Waals surface area contributed by atoms with Crippen LogP contribution in [0.1, 0.15) is 25.6 Å². The average molecular weight is 396 g/mol. The van der Waals surface area contributed by atoms with Crippen LogP contribution in [-0.4, -0.2) is 24.3 Å². The molecule has 7 heteroatoms.